The maximum Gasteiger partial charge on any atom is 0.320 e. The van der Waals surface area contributed by atoms with Crippen LogP contribution in [0, 0.1) is 6.92 Å². The van der Waals surface area contributed by atoms with Crippen molar-refractivity contribution in [3.8, 4) is 0 Å². The molecule has 4 nitrogen and oxygen atoms in total. The second-order valence-electron chi connectivity index (χ2n) is 5.25. The van der Waals surface area contributed by atoms with Crippen molar-refractivity contribution in [3.05, 3.63) is 35.4 Å². The van der Waals surface area contributed by atoms with Crippen molar-refractivity contribution in [2.45, 2.75) is 26.4 Å². The van der Waals surface area contributed by atoms with Gasteiger partial charge in [-0.25, -0.2) is 0 Å². The van der Waals surface area contributed by atoms with Crippen molar-refractivity contribution >= 4 is 5.97 Å². The van der Waals surface area contributed by atoms with E-state index in [-0.39, 0.29) is 6.04 Å². The zero-order valence-electron chi connectivity index (χ0n) is 11.7. The summed E-state index contributed by atoms with van der Waals surface area (Å²) in [6.07, 6.45) is 0. The Morgan fingerprint density at radius 3 is 2.47 bits per heavy atom. The van der Waals surface area contributed by atoms with Crippen LogP contribution >= 0.6 is 0 Å². The van der Waals surface area contributed by atoms with E-state index < -0.39 is 5.97 Å². The first-order valence-corrected chi connectivity index (χ1v) is 6.81. The van der Waals surface area contributed by atoms with Gasteiger partial charge in [0.25, 0.3) is 0 Å². The molecule has 19 heavy (non-hydrogen) atoms. The van der Waals surface area contributed by atoms with Gasteiger partial charge >= 0.3 is 5.97 Å². The Hall–Kier alpha value is -1.39. The van der Waals surface area contributed by atoms with Gasteiger partial charge in [0.1, 0.15) is 6.04 Å². The largest absolute Gasteiger partial charge is 0.480 e. The monoisotopic (exact) mass is 262 g/mol. The molecule has 1 unspecified atom stereocenters. The number of aliphatic carboxylic acids is 1. The van der Waals surface area contributed by atoms with Gasteiger partial charge < -0.3 is 5.11 Å². The molecule has 1 aliphatic heterocycles. The molecular weight excluding hydrogens is 240 g/mol. The van der Waals surface area contributed by atoms with E-state index in [0.29, 0.717) is 0 Å². The molecule has 1 aromatic rings. The summed E-state index contributed by atoms with van der Waals surface area (Å²) in [5.74, 6) is -0.729. The second-order valence-corrected chi connectivity index (χ2v) is 5.25. The van der Waals surface area contributed by atoms with Gasteiger partial charge in [-0.15, -0.1) is 0 Å². The molecule has 1 atom stereocenters. The standard InChI is InChI=1S/C15H22N2O2/c1-12-5-3-4-6-14(12)11-16-7-9-17(10-8-16)13(2)15(18)19/h3-6,13H,7-11H2,1-2H3,(H,18,19). The maximum atomic E-state index is 11.0. The molecule has 0 radical (unpaired) electrons. The molecule has 0 bridgehead atoms. The van der Waals surface area contributed by atoms with Crippen LogP contribution in [0.15, 0.2) is 24.3 Å². The highest BCUT2D eigenvalue weighted by molar-refractivity contribution is 5.72. The molecule has 1 aromatic carbocycles. The number of hydrogen-bond donors (Lipinski definition) is 1. The predicted octanol–water partition coefficient (Wildman–Crippen LogP) is 1.59. The second kappa shape index (κ2) is 6.17. The zero-order chi connectivity index (χ0) is 13.8. The van der Waals surface area contributed by atoms with Crippen molar-refractivity contribution in [3.63, 3.8) is 0 Å². The fraction of sp³-hybridized carbons (Fsp3) is 0.533. The molecule has 1 N–H and O–H groups in total. The summed E-state index contributed by atoms with van der Waals surface area (Å²) >= 11 is 0. The molecular formula is C15H22N2O2. The first-order chi connectivity index (χ1) is 9.08. The molecule has 0 aromatic heterocycles. The van der Waals surface area contributed by atoms with Crippen molar-refractivity contribution in [2.24, 2.45) is 0 Å². The molecule has 1 fully saturated rings. The van der Waals surface area contributed by atoms with E-state index in [9.17, 15) is 4.79 Å². The van der Waals surface area contributed by atoms with Crippen molar-refractivity contribution in [1.82, 2.24) is 9.80 Å². The molecule has 4 heteroatoms. The number of carbonyl (C=O) groups is 1. The van der Waals surface area contributed by atoms with E-state index in [1.54, 1.807) is 6.92 Å². The highest BCUT2D eigenvalue weighted by Crippen LogP contribution is 2.13. The number of nitrogens with zero attached hydrogens (tertiary/aromatic N) is 2. The topological polar surface area (TPSA) is 43.8 Å². The Kier molecular flexibility index (Phi) is 4.56. The highest BCUT2D eigenvalue weighted by Gasteiger charge is 2.25. The van der Waals surface area contributed by atoms with Crippen LogP contribution in [0.2, 0.25) is 0 Å². The van der Waals surface area contributed by atoms with Gasteiger partial charge in [0, 0.05) is 32.7 Å². The number of aryl methyl sites for hydroxylation is 1. The SMILES string of the molecule is Cc1ccccc1CN1CCN(C(C)C(=O)O)CC1. The number of carboxylic acids is 1. The normalized spacial score (nSPS) is 19.3. The molecule has 104 valence electrons. The van der Waals surface area contributed by atoms with Gasteiger partial charge in [-0.05, 0) is 25.0 Å². The third-order valence-corrected chi connectivity index (χ3v) is 3.97. The number of piperazine rings is 1. The fourth-order valence-electron chi connectivity index (χ4n) is 2.49. The molecule has 2 rings (SSSR count). The Morgan fingerprint density at radius 2 is 1.89 bits per heavy atom. The molecule has 0 amide bonds. The van der Waals surface area contributed by atoms with Gasteiger partial charge in [0.2, 0.25) is 0 Å². The Morgan fingerprint density at radius 1 is 1.26 bits per heavy atom. The van der Waals surface area contributed by atoms with Crippen LogP contribution in [0.4, 0.5) is 0 Å². The Labute approximate surface area is 114 Å². The summed E-state index contributed by atoms with van der Waals surface area (Å²) in [7, 11) is 0. The zero-order valence-corrected chi connectivity index (χ0v) is 11.7. The van der Waals surface area contributed by atoms with E-state index in [0.717, 1.165) is 32.7 Å². The minimum atomic E-state index is -0.729. The summed E-state index contributed by atoms with van der Waals surface area (Å²) in [6, 6.07) is 8.07. The molecule has 0 spiro atoms. The summed E-state index contributed by atoms with van der Waals surface area (Å²) in [6.45, 7) is 8.40. The number of benzene rings is 1. The van der Waals surface area contributed by atoms with E-state index in [2.05, 4.69) is 36.1 Å². The molecule has 1 heterocycles. The summed E-state index contributed by atoms with van der Waals surface area (Å²) in [5, 5.41) is 9.02. The van der Waals surface area contributed by atoms with E-state index in [1.165, 1.54) is 11.1 Å². The molecule has 0 saturated carbocycles. The maximum absolute atomic E-state index is 11.0. The van der Waals surface area contributed by atoms with Crippen molar-refractivity contribution < 1.29 is 9.90 Å². The number of carboxylic acid groups (broad SMARTS) is 1. The lowest BCUT2D eigenvalue weighted by Crippen LogP contribution is -2.51. The minimum Gasteiger partial charge on any atom is -0.480 e. The van der Waals surface area contributed by atoms with Crippen LogP contribution in [0.1, 0.15) is 18.1 Å². The van der Waals surface area contributed by atoms with Gasteiger partial charge in [-0.2, -0.15) is 0 Å². The lowest BCUT2D eigenvalue weighted by Gasteiger charge is -2.36. The Bertz CT molecular complexity index is 440. The average molecular weight is 262 g/mol. The minimum absolute atomic E-state index is 0.374. The molecule has 0 aliphatic carbocycles. The van der Waals surface area contributed by atoms with E-state index in [4.69, 9.17) is 5.11 Å². The van der Waals surface area contributed by atoms with Gasteiger partial charge in [-0.3, -0.25) is 14.6 Å². The smallest absolute Gasteiger partial charge is 0.320 e. The number of hydrogen-bond acceptors (Lipinski definition) is 3. The van der Waals surface area contributed by atoms with Crippen LogP contribution in [0.25, 0.3) is 0 Å². The summed E-state index contributed by atoms with van der Waals surface area (Å²) in [4.78, 5) is 15.4. The van der Waals surface area contributed by atoms with Gasteiger partial charge in [0.05, 0.1) is 0 Å². The lowest BCUT2D eigenvalue weighted by molar-refractivity contribution is -0.143. The number of rotatable bonds is 4. The van der Waals surface area contributed by atoms with Crippen LogP contribution in [-0.4, -0.2) is 53.1 Å². The van der Waals surface area contributed by atoms with Crippen molar-refractivity contribution in [1.29, 1.82) is 0 Å². The first kappa shape index (κ1) is 14.0. The quantitative estimate of drug-likeness (QED) is 0.895. The van der Waals surface area contributed by atoms with E-state index in [1.807, 2.05) is 4.90 Å². The van der Waals surface area contributed by atoms with Crippen LogP contribution in [0.3, 0.4) is 0 Å². The predicted molar refractivity (Wildman–Crippen MR) is 75.1 cm³/mol. The average Bonchev–Trinajstić information content (AvgIpc) is 2.41. The lowest BCUT2D eigenvalue weighted by atomic mass is 10.1. The third-order valence-electron chi connectivity index (χ3n) is 3.97. The van der Waals surface area contributed by atoms with Crippen LogP contribution in [-0.2, 0) is 11.3 Å². The van der Waals surface area contributed by atoms with E-state index >= 15 is 0 Å². The highest BCUT2D eigenvalue weighted by atomic mass is 16.4. The van der Waals surface area contributed by atoms with Crippen LogP contribution < -0.4 is 0 Å². The Balaban J connectivity index is 1.87. The van der Waals surface area contributed by atoms with Gasteiger partial charge in [0.15, 0.2) is 0 Å². The molecule has 1 saturated heterocycles. The summed E-state index contributed by atoms with van der Waals surface area (Å²) < 4.78 is 0. The first-order valence-electron chi connectivity index (χ1n) is 6.81. The van der Waals surface area contributed by atoms with Crippen LogP contribution in [0.5, 0.6) is 0 Å². The van der Waals surface area contributed by atoms with Gasteiger partial charge in [-0.1, -0.05) is 24.3 Å². The third kappa shape index (κ3) is 3.55. The fourth-order valence-corrected chi connectivity index (χ4v) is 2.49. The van der Waals surface area contributed by atoms with Crippen molar-refractivity contribution in [2.75, 3.05) is 26.2 Å². The summed E-state index contributed by atoms with van der Waals surface area (Å²) in [5.41, 5.74) is 2.69. The molecule has 1 aliphatic rings.